The molecule has 0 heterocycles. The summed E-state index contributed by atoms with van der Waals surface area (Å²) in [5.74, 6) is 0. The SMILES string of the molecule is O=[N+]([O-])C1CCc2ccccc2C1[N+](=O)[O-]. The van der Waals surface area contributed by atoms with E-state index in [4.69, 9.17) is 0 Å². The van der Waals surface area contributed by atoms with E-state index in [9.17, 15) is 20.2 Å². The highest BCUT2D eigenvalue weighted by Crippen LogP contribution is 2.33. The third-order valence-electron chi connectivity index (χ3n) is 2.95. The zero-order valence-corrected chi connectivity index (χ0v) is 8.41. The second-order valence-electron chi connectivity index (χ2n) is 3.82. The molecule has 2 rings (SSSR count). The highest BCUT2D eigenvalue weighted by Gasteiger charge is 2.45. The zero-order chi connectivity index (χ0) is 11.7. The predicted molar refractivity (Wildman–Crippen MR) is 55.3 cm³/mol. The molecule has 1 aliphatic carbocycles. The molecule has 0 aliphatic heterocycles. The first kappa shape index (κ1) is 10.5. The smallest absolute Gasteiger partial charge is 0.264 e. The van der Waals surface area contributed by atoms with Gasteiger partial charge in [-0.05, 0) is 12.0 Å². The molecule has 0 fully saturated rings. The largest absolute Gasteiger partial charge is 0.304 e. The Morgan fingerprint density at radius 3 is 2.44 bits per heavy atom. The van der Waals surface area contributed by atoms with Crippen LogP contribution < -0.4 is 0 Å². The maximum absolute atomic E-state index is 10.9. The highest BCUT2D eigenvalue weighted by atomic mass is 16.6. The van der Waals surface area contributed by atoms with Crippen molar-refractivity contribution in [2.45, 2.75) is 24.9 Å². The topological polar surface area (TPSA) is 86.3 Å². The fraction of sp³-hybridized carbons (Fsp3) is 0.400. The molecule has 0 aromatic heterocycles. The maximum atomic E-state index is 10.9. The van der Waals surface area contributed by atoms with Crippen LogP contribution in [0, 0.1) is 20.2 Å². The summed E-state index contributed by atoms with van der Waals surface area (Å²) in [6.45, 7) is 0. The molecule has 0 saturated carbocycles. The van der Waals surface area contributed by atoms with Gasteiger partial charge in [-0.15, -0.1) is 0 Å². The average Bonchev–Trinajstić information content (AvgIpc) is 2.27. The van der Waals surface area contributed by atoms with E-state index in [1.165, 1.54) is 0 Å². The summed E-state index contributed by atoms with van der Waals surface area (Å²) in [6, 6.07) is 4.56. The van der Waals surface area contributed by atoms with Crippen LogP contribution in [0.4, 0.5) is 0 Å². The molecule has 1 aromatic carbocycles. The molecule has 1 aliphatic rings. The van der Waals surface area contributed by atoms with Gasteiger partial charge in [-0.2, -0.15) is 0 Å². The van der Waals surface area contributed by atoms with Gasteiger partial charge in [0.2, 0.25) is 0 Å². The predicted octanol–water partition coefficient (Wildman–Crippen LogP) is 1.60. The lowest BCUT2D eigenvalue weighted by Crippen LogP contribution is -2.36. The first-order chi connectivity index (χ1) is 7.61. The van der Waals surface area contributed by atoms with Crippen molar-refractivity contribution in [3.05, 3.63) is 55.6 Å². The number of nitrogens with zero attached hydrogens (tertiary/aromatic N) is 2. The van der Waals surface area contributed by atoms with Gasteiger partial charge in [0, 0.05) is 21.8 Å². The number of nitro groups is 2. The Bertz CT molecular complexity index is 446. The van der Waals surface area contributed by atoms with Gasteiger partial charge in [-0.1, -0.05) is 24.3 Å². The van der Waals surface area contributed by atoms with Crippen LogP contribution in [0.1, 0.15) is 23.6 Å². The molecule has 2 unspecified atom stereocenters. The molecule has 0 radical (unpaired) electrons. The fourth-order valence-corrected chi connectivity index (χ4v) is 2.19. The standard InChI is InChI=1S/C10H10N2O4/c13-11(14)9-6-5-7-3-1-2-4-8(7)10(9)12(15)16/h1-4,9-10H,5-6H2. The molecule has 84 valence electrons. The summed E-state index contributed by atoms with van der Waals surface area (Å²) < 4.78 is 0. The molecule has 0 N–H and O–H groups in total. The van der Waals surface area contributed by atoms with Crippen LogP contribution in [0.25, 0.3) is 0 Å². The van der Waals surface area contributed by atoms with Crippen molar-refractivity contribution in [3.63, 3.8) is 0 Å². The number of aryl methyl sites for hydroxylation is 1. The van der Waals surface area contributed by atoms with Crippen molar-refractivity contribution in [1.82, 2.24) is 0 Å². The van der Waals surface area contributed by atoms with E-state index in [-0.39, 0.29) is 6.42 Å². The van der Waals surface area contributed by atoms with E-state index in [1.807, 2.05) is 0 Å². The van der Waals surface area contributed by atoms with Crippen LogP contribution in [0.5, 0.6) is 0 Å². The zero-order valence-electron chi connectivity index (χ0n) is 8.41. The Morgan fingerprint density at radius 2 is 1.81 bits per heavy atom. The normalized spacial score (nSPS) is 23.5. The average molecular weight is 222 g/mol. The van der Waals surface area contributed by atoms with Crippen molar-refractivity contribution >= 4 is 0 Å². The van der Waals surface area contributed by atoms with Gasteiger partial charge in [-0.25, -0.2) is 0 Å². The third kappa shape index (κ3) is 1.62. The lowest BCUT2D eigenvalue weighted by Gasteiger charge is -2.22. The number of fused-ring (bicyclic) bond motifs is 1. The van der Waals surface area contributed by atoms with E-state index in [1.54, 1.807) is 24.3 Å². The Morgan fingerprint density at radius 1 is 1.12 bits per heavy atom. The van der Waals surface area contributed by atoms with Crippen LogP contribution in [-0.4, -0.2) is 15.9 Å². The van der Waals surface area contributed by atoms with E-state index < -0.39 is 21.9 Å². The minimum atomic E-state index is -1.21. The first-order valence-electron chi connectivity index (χ1n) is 4.96. The van der Waals surface area contributed by atoms with Crippen molar-refractivity contribution < 1.29 is 9.85 Å². The van der Waals surface area contributed by atoms with E-state index >= 15 is 0 Å². The maximum Gasteiger partial charge on any atom is 0.304 e. The first-order valence-corrected chi connectivity index (χ1v) is 4.96. The number of hydrogen-bond acceptors (Lipinski definition) is 4. The molecule has 0 saturated heterocycles. The van der Waals surface area contributed by atoms with Gasteiger partial charge in [0.25, 0.3) is 6.04 Å². The van der Waals surface area contributed by atoms with Gasteiger partial charge < -0.3 is 0 Å². The minimum absolute atomic E-state index is 0.232. The van der Waals surface area contributed by atoms with Crippen LogP contribution in [0.3, 0.4) is 0 Å². The molecule has 6 nitrogen and oxygen atoms in total. The molecule has 16 heavy (non-hydrogen) atoms. The molecule has 2 atom stereocenters. The fourth-order valence-electron chi connectivity index (χ4n) is 2.19. The Kier molecular flexibility index (Phi) is 2.55. The highest BCUT2D eigenvalue weighted by molar-refractivity contribution is 5.32. The van der Waals surface area contributed by atoms with Crippen molar-refractivity contribution in [2.75, 3.05) is 0 Å². The van der Waals surface area contributed by atoms with Crippen molar-refractivity contribution in [2.24, 2.45) is 0 Å². The second-order valence-corrected chi connectivity index (χ2v) is 3.82. The molecule has 6 heteroatoms. The van der Waals surface area contributed by atoms with Crippen molar-refractivity contribution in [3.8, 4) is 0 Å². The van der Waals surface area contributed by atoms with Gasteiger partial charge >= 0.3 is 6.04 Å². The molecule has 0 amide bonds. The summed E-state index contributed by atoms with van der Waals surface area (Å²) in [6.07, 6.45) is 0.766. The van der Waals surface area contributed by atoms with Crippen LogP contribution in [0.15, 0.2) is 24.3 Å². The van der Waals surface area contributed by atoms with E-state index in [0.717, 1.165) is 5.56 Å². The van der Waals surface area contributed by atoms with Crippen LogP contribution in [0.2, 0.25) is 0 Å². The Hall–Kier alpha value is -1.98. The monoisotopic (exact) mass is 222 g/mol. The molecule has 0 bridgehead atoms. The van der Waals surface area contributed by atoms with Crippen molar-refractivity contribution in [1.29, 1.82) is 0 Å². The van der Waals surface area contributed by atoms with E-state index in [0.29, 0.717) is 12.0 Å². The number of benzene rings is 1. The number of hydrogen-bond donors (Lipinski definition) is 0. The van der Waals surface area contributed by atoms with Gasteiger partial charge in [0.15, 0.2) is 0 Å². The molecular weight excluding hydrogens is 212 g/mol. The Labute approximate surface area is 91.2 Å². The van der Waals surface area contributed by atoms with Gasteiger partial charge in [0.1, 0.15) is 0 Å². The summed E-state index contributed by atoms with van der Waals surface area (Å²) >= 11 is 0. The lowest BCUT2D eigenvalue weighted by atomic mass is 9.85. The van der Waals surface area contributed by atoms with Crippen LogP contribution >= 0.6 is 0 Å². The third-order valence-corrected chi connectivity index (χ3v) is 2.95. The quantitative estimate of drug-likeness (QED) is 0.561. The van der Waals surface area contributed by atoms with E-state index in [2.05, 4.69) is 0 Å². The summed E-state index contributed by atoms with van der Waals surface area (Å²) in [4.78, 5) is 20.6. The minimum Gasteiger partial charge on any atom is -0.264 e. The number of rotatable bonds is 2. The summed E-state index contributed by atoms with van der Waals surface area (Å²) in [5.41, 5.74) is 1.34. The summed E-state index contributed by atoms with van der Waals surface area (Å²) in [7, 11) is 0. The lowest BCUT2D eigenvalue weighted by molar-refractivity contribution is -0.624. The summed E-state index contributed by atoms with van der Waals surface area (Å²) in [5, 5.41) is 21.7. The second kappa shape index (κ2) is 3.88. The van der Waals surface area contributed by atoms with Crippen LogP contribution in [-0.2, 0) is 6.42 Å². The molecular formula is C10H10N2O4. The van der Waals surface area contributed by atoms with Gasteiger partial charge in [0.05, 0.1) is 0 Å². The molecule has 1 aromatic rings. The Balaban J connectivity index is 2.47. The van der Waals surface area contributed by atoms with Gasteiger partial charge in [-0.3, -0.25) is 20.2 Å². The molecule has 0 spiro atoms.